The Morgan fingerprint density at radius 1 is 1.12 bits per heavy atom. The Balaban J connectivity index is 1.48. The molecule has 0 saturated carbocycles. The average Bonchev–Trinajstić information content (AvgIpc) is 3.29. The van der Waals surface area contributed by atoms with Crippen LogP contribution in [0.15, 0.2) is 71.6 Å². The summed E-state index contributed by atoms with van der Waals surface area (Å²) in [6.07, 6.45) is 5.12. The van der Waals surface area contributed by atoms with Crippen molar-refractivity contribution in [2.45, 2.75) is 6.54 Å². The first-order chi connectivity index (χ1) is 11.8. The van der Waals surface area contributed by atoms with Gasteiger partial charge in [0.2, 0.25) is 0 Å². The quantitative estimate of drug-likeness (QED) is 0.598. The molecule has 0 aliphatic carbocycles. The normalized spacial score (nSPS) is 10.8. The van der Waals surface area contributed by atoms with Gasteiger partial charge in [-0.15, -0.1) is 11.3 Å². The van der Waals surface area contributed by atoms with Crippen molar-refractivity contribution < 1.29 is 9.21 Å². The number of hydrogen-bond acceptors (Lipinski definition) is 4. The standard InChI is InChI=1S/C19H14N2O2S/c22-19(18-9-14-4-1-2-6-17(14)24-18)21-11-13-8-15(12-20-10-13)16-5-3-7-23-16/h1-10,12H,11H2,(H,21,22). The van der Waals surface area contributed by atoms with Gasteiger partial charge in [-0.05, 0) is 41.3 Å². The monoisotopic (exact) mass is 334 g/mol. The van der Waals surface area contributed by atoms with Crippen LogP contribution in [0.3, 0.4) is 0 Å². The fraction of sp³-hybridized carbons (Fsp3) is 0.0526. The van der Waals surface area contributed by atoms with Gasteiger partial charge in [-0.2, -0.15) is 0 Å². The van der Waals surface area contributed by atoms with Gasteiger partial charge in [0.15, 0.2) is 0 Å². The van der Waals surface area contributed by atoms with Gasteiger partial charge in [0.05, 0.1) is 11.1 Å². The van der Waals surface area contributed by atoms with Crippen molar-refractivity contribution in [1.29, 1.82) is 0 Å². The zero-order valence-electron chi connectivity index (χ0n) is 12.7. The number of nitrogens with zero attached hydrogens (tertiary/aromatic N) is 1. The molecule has 1 aromatic carbocycles. The number of benzene rings is 1. The zero-order chi connectivity index (χ0) is 16.4. The summed E-state index contributed by atoms with van der Waals surface area (Å²) >= 11 is 1.50. The Bertz CT molecular complexity index is 956. The van der Waals surface area contributed by atoms with Crippen LogP contribution in [-0.4, -0.2) is 10.9 Å². The molecular weight excluding hydrogens is 320 g/mol. The van der Waals surface area contributed by atoms with E-state index in [1.54, 1.807) is 18.7 Å². The van der Waals surface area contributed by atoms with Crippen LogP contribution in [0.5, 0.6) is 0 Å². The SMILES string of the molecule is O=C(NCc1cncc(-c2ccco2)c1)c1cc2ccccc2s1. The molecule has 1 N–H and O–H groups in total. The third-order valence-electron chi connectivity index (χ3n) is 3.70. The number of pyridine rings is 1. The number of amides is 1. The van der Waals surface area contributed by atoms with Crippen LogP contribution in [0.4, 0.5) is 0 Å². The molecule has 0 unspecified atom stereocenters. The predicted octanol–water partition coefficient (Wildman–Crippen LogP) is 4.49. The van der Waals surface area contributed by atoms with Gasteiger partial charge in [-0.1, -0.05) is 18.2 Å². The first kappa shape index (κ1) is 14.7. The number of fused-ring (bicyclic) bond motifs is 1. The minimum Gasteiger partial charge on any atom is -0.464 e. The molecule has 0 fully saturated rings. The molecule has 118 valence electrons. The van der Waals surface area contributed by atoms with Gasteiger partial charge in [-0.3, -0.25) is 9.78 Å². The van der Waals surface area contributed by atoms with Crippen LogP contribution in [0.1, 0.15) is 15.2 Å². The zero-order valence-corrected chi connectivity index (χ0v) is 13.5. The molecule has 24 heavy (non-hydrogen) atoms. The van der Waals surface area contributed by atoms with E-state index in [-0.39, 0.29) is 5.91 Å². The van der Waals surface area contributed by atoms with Gasteiger partial charge in [0.25, 0.3) is 5.91 Å². The molecule has 0 aliphatic rings. The Hall–Kier alpha value is -2.92. The minimum absolute atomic E-state index is 0.0698. The number of hydrogen-bond donors (Lipinski definition) is 1. The third kappa shape index (κ3) is 2.94. The summed E-state index contributed by atoms with van der Waals surface area (Å²) in [4.78, 5) is 17.3. The van der Waals surface area contributed by atoms with E-state index in [2.05, 4.69) is 10.3 Å². The summed E-state index contributed by atoms with van der Waals surface area (Å²) < 4.78 is 6.49. The van der Waals surface area contributed by atoms with Crippen LogP contribution in [-0.2, 0) is 6.54 Å². The fourth-order valence-corrected chi connectivity index (χ4v) is 3.50. The highest BCUT2D eigenvalue weighted by molar-refractivity contribution is 7.20. The van der Waals surface area contributed by atoms with E-state index >= 15 is 0 Å². The van der Waals surface area contributed by atoms with Crippen molar-refractivity contribution in [3.63, 3.8) is 0 Å². The molecule has 3 aromatic heterocycles. The van der Waals surface area contributed by atoms with E-state index in [1.165, 1.54) is 11.3 Å². The first-order valence-electron chi connectivity index (χ1n) is 7.54. The summed E-state index contributed by atoms with van der Waals surface area (Å²) in [6.45, 7) is 0.425. The maximum atomic E-state index is 12.4. The molecule has 1 amide bonds. The van der Waals surface area contributed by atoms with Crippen LogP contribution in [0.2, 0.25) is 0 Å². The van der Waals surface area contributed by atoms with Crippen LogP contribution in [0.25, 0.3) is 21.4 Å². The molecule has 0 radical (unpaired) electrons. The molecule has 4 rings (SSSR count). The molecule has 0 atom stereocenters. The van der Waals surface area contributed by atoms with Crippen LogP contribution in [0, 0.1) is 0 Å². The van der Waals surface area contributed by atoms with E-state index in [9.17, 15) is 4.79 Å². The highest BCUT2D eigenvalue weighted by Crippen LogP contribution is 2.25. The molecule has 0 aliphatic heterocycles. The second-order valence-electron chi connectivity index (χ2n) is 5.39. The van der Waals surface area contributed by atoms with Crippen molar-refractivity contribution >= 4 is 27.3 Å². The lowest BCUT2D eigenvalue weighted by Gasteiger charge is -2.05. The number of thiophene rings is 1. The smallest absolute Gasteiger partial charge is 0.261 e. The molecular formula is C19H14N2O2S. The molecule has 0 saturated heterocycles. The second kappa shape index (κ2) is 6.29. The molecule has 5 heteroatoms. The first-order valence-corrected chi connectivity index (χ1v) is 8.36. The Kier molecular flexibility index (Phi) is 3.84. The molecule has 4 nitrogen and oxygen atoms in total. The largest absolute Gasteiger partial charge is 0.464 e. The van der Waals surface area contributed by atoms with Crippen molar-refractivity contribution in [1.82, 2.24) is 10.3 Å². The average molecular weight is 334 g/mol. The van der Waals surface area contributed by atoms with Crippen LogP contribution < -0.4 is 5.32 Å². The summed E-state index contributed by atoms with van der Waals surface area (Å²) in [5.74, 6) is 0.694. The fourth-order valence-electron chi connectivity index (χ4n) is 2.53. The van der Waals surface area contributed by atoms with Gasteiger partial charge >= 0.3 is 0 Å². The van der Waals surface area contributed by atoms with E-state index in [0.717, 1.165) is 27.0 Å². The molecule has 0 bridgehead atoms. The molecule has 4 aromatic rings. The highest BCUT2D eigenvalue weighted by Gasteiger charge is 2.10. The second-order valence-corrected chi connectivity index (χ2v) is 6.47. The summed E-state index contributed by atoms with van der Waals surface area (Å²) in [7, 11) is 0. The van der Waals surface area contributed by atoms with E-state index in [0.29, 0.717) is 11.4 Å². The number of nitrogens with one attached hydrogen (secondary N) is 1. The highest BCUT2D eigenvalue weighted by atomic mass is 32.1. The number of carbonyl (C=O) groups excluding carboxylic acids is 1. The Morgan fingerprint density at radius 2 is 2.04 bits per heavy atom. The lowest BCUT2D eigenvalue weighted by atomic mass is 10.1. The predicted molar refractivity (Wildman–Crippen MR) is 94.9 cm³/mol. The number of rotatable bonds is 4. The van der Waals surface area contributed by atoms with Crippen molar-refractivity contribution in [3.05, 3.63) is 77.6 Å². The van der Waals surface area contributed by atoms with Gasteiger partial charge in [0.1, 0.15) is 5.76 Å². The summed E-state index contributed by atoms with van der Waals surface area (Å²) in [6, 6.07) is 15.6. The van der Waals surface area contributed by atoms with Crippen molar-refractivity contribution in [3.8, 4) is 11.3 Å². The summed E-state index contributed by atoms with van der Waals surface area (Å²) in [5, 5.41) is 4.04. The number of furan rings is 1. The topological polar surface area (TPSA) is 55.1 Å². The number of aromatic nitrogens is 1. The van der Waals surface area contributed by atoms with E-state index in [4.69, 9.17) is 4.42 Å². The maximum Gasteiger partial charge on any atom is 0.261 e. The Morgan fingerprint density at radius 3 is 2.88 bits per heavy atom. The van der Waals surface area contributed by atoms with Gasteiger partial charge in [-0.25, -0.2) is 0 Å². The third-order valence-corrected chi connectivity index (χ3v) is 4.82. The van der Waals surface area contributed by atoms with Gasteiger partial charge < -0.3 is 9.73 Å². The minimum atomic E-state index is -0.0698. The lowest BCUT2D eigenvalue weighted by Crippen LogP contribution is -2.21. The summed E-state index contributed by atoms with van der Waals surface area (Å²) in [5.41, 5.74) is 1.83. The molecule has 0 spiro atoms. The van der Waals surface area contributed by atoms with Crippen molar-refractivity contribution in [2.24, 2.45) is 0 Å². The van der Waals surface area contributed by atoms with Crippen molar-refractivity contribution in [2.75, 3.05) is 0 Å². The Labute approximate surface area is 142 Å². The lowest BCUT2D eigenvalue weighted by molar-refractivity contribution is 0.0955. The van der Waals surface area contributed by atoms with E-state index < -0.39 is 0 Å². The van der Waals surface area contributed by atoms with Gasteiger partial charge in [0, 0.05) is 29.2 Å². The van der Waals surface area contributed by atoms with E-state index in [1.807, 2.05) is 48.5 Å². The van der Waals surface area contributed by atoms with Crippen LogP contribution >= 0.6 is 11.3 Å². The number of carbonyl (C=O) groups is 1. The maximum absolute atomic E-state index is 12.4. The molecule has 3 heterocycles.